The Labute approximate surface area is 71.4 Å². The van der Waals surface area contributed by atoms with Crippen LogP contribution in [0.15, 0.2) is 0 Å². The average Bonchev–Trinajstić information content (AvgIpc) is 2.04. The van der Waals surface area contributed by atoms with E-state index in [0.29, 0.717) is 0 Å². The van der Waals surface area contributed by atoms with E-state index in [0.717, 1.165) is 6.42 Å². The maximum absolute atomic E-state index is 5.54. The van der Waals surface area contributed by atoms with Gasteiger partial charge in [-0.3, -0.25) is 0 Å². The zero-order valence-electron chi connectivity index (χ0n) is 8.11. The van der Waals surface area contributed by atoms with Crippen molar-refractivity contribution in [3.63, 3.8) is 0 Å². The van der Waals surface area contributed by atoms with Crippen LogP contribution in [-0.2, 0) is 0 Å². The highest BCUT2D eigenvalue weighted by Crippen LogP contribution is 2.32. The summed E-state index contributed by atoms with van der Waals surface area (Å²) in [4.78, 5) is 0. The minimum atomic E-state index is 0.212. The first-order valence-corrected chi connectivity index (χ1v) is 4.72. The van der Waals surface area contributed by atoms with Crippen molar-refractivity contribution in [2.24, 2.45) is 5.41 Å². The zero-order valence-corrected chi connectivity index (χ0v) is 8.11. The molecule has 11 heavy (non-hydrogen) atoms. The first kappa shape index (κ1) is 10.6. The molecule has 0 bridgehead atoms. The van der Waals surface area contributed by atoms with Crippen LogP contribution in [0.25, 0.3) is 0 Å². The highest BCUT2D eigenvalue weighted by molar-refractivity contribution is 5.04. The van der Waals surface area contributed by atoms with Crippen molar-refractivity contribution in [3.05, 3.63) is 0 Å². The molecule has 0 spiro atoms. The van der Waals surface area contributed by atoms with Crippen LogP contribution in [0, 0.1) is 17.8 Å². The summed E-state index contributed by atoms with van der Waals surface area (Å²) in [6.07, 6.45) is 11.5. The smallest absolute Gasteiger partial charge is 0.0309 e. The van der Waals surface area contributed by atoms with Crippen LogP contribution in [0.4, 0.5) is 0 Å². The van der Waals surface area contributed by atoms with E-state index in [-0.39, 0.29) is 5.41 Å². The molecule has 0 fully saturated rings. The van der Waals surface area contributed by atoms with E-state index in [1.807, 2.05) is 0 Å². The molecular formula is C11H20. The molecule has 0 aromatic heterocycles. The van der Waals surface area contributed by atoms with Gasteiger partial charge in [0.05, 0.1) is 0 Å². The van der Waals surface area contributed by atoms with Crippen molar-refractivity contribution >= 4 is 0 Å². The first-order valence-electron chi connectivity index (χ1n) is 4.72. The highest BCUT2D eigenvalue weighted by atomic mass is 14.2. The Balaban J connectivity index is 4.11. The number of hydrogen-bond acceptors (Lipinski definition) is 0. The number of rotatable bonds is 5. The fraction of sp³-hybridized carbons (Fsp3) is 0.818. The standard InChI is InChI=1S/C11H20/c1-5-9-11(7-3,8-4)10-6-2/h3H,5-6,8-10H2,1-2,4H3. The molecule has 0 heteroatoms. The maximum Gasteiger partial charge on any atom is 0.0309 e. The van der Waals surface area contributed by atoms with E-state index < -0.39 is 0 Å². The lowest BCUT2D eigenvalue weighted by atomic mass is 9.78. The average molecular weight is 152 g/mol. The van der Waals surface area contributed by atoms with Gasteiger partial charge in [-0.25, -0.2) is 0 Å². The van der Waals surface area contributed by atoms with Gasteiger partial charge in [0.1, 0.15) is 0 Å². The van der Waals surface area contributed by atoms with Crippen molar-refractivity contribution in [2.75, 3.05) is 0 Å². The fourth-order valence-electron chi connectivity index (χ4n) is 1.68. The van der Waals surface area contributed by atoms with Crippen molar-refractivity contribution in [3.8, 4) is 12.3 Å². The Bertz CT molecular complexity index is 121. The molecule has 0 aliphatic carbocycles. The van der Waals surface area contributed by atoms with Gasteiger partial charge >= 0.3 is 0 Å². The summed E-state index contributed by atoms with van der Waals surface area (Å²) < 4.78 is 0. The Kier molecular flexibility index (Phi) is 5.03. The van der Waals surface area contributed by atoms with Crippen molar-refractivity contribution < 1.29 is 0 Å². The first-order chi connectivity index (χ1) is 5.24. The predicted octanol–water partition coefficient (Wildman–Crippen LogP) is 3.62. The lowest BCUT2D eigenvalue weighted by Gasteiger charge is -2.25. The van der Waals surface area contributed by atoms with E-state index >= 15 is 0 Å². The molecule has 0 rings (SSSR count). The molecule has 0 heterocycles. The summed E-state index contributed by atoms with van der Waals surface area (Å²) in [6, 6.07) is 0. The van der Waals surface area contributed by atoms with Crippen molar-refractivity contribution in [1.29, 1.82) is 0 Å². The lowest BCUT2D eigenvalue weighted by Crippen LogP contribution is -2.16. The van der Waals surface area contributed by atoms with Crippen LogP contribution in [0.5, 0.6) is 0 Å². The molecule has 0 atom stereocenters. The van der Waals surface area contributed by atoms with Gasteiger partial charge in [-0.05, 0) is 19.3 Å². The van der Waals surface area contributed by atoms with Crippen LogP contribution < -0.4 is 0 Å². The Morgan fingerprint density at radius 3 is 1.73 bits per heavy atom. The van der Waals surface area contributed by atoms with Gasteiger partial charge in [0.2, 0.25) is 0 Å². The molecule has 0 amide bonds. The van der Waals surface area contributed by atoms with Crippen LogP contribution in [-0.4, -0.2) is 0 Å². The van der Waals surface area contributed by atoms with Gasteiger partial charge in [0, 0.05) is 5.41 Å². The highest BCUT2D eigenvalue weighted by Gasteiger charge is 2.22. The van der Waals surface area contributed by atoms with E-state index in [4.69, 9.17) is 6.42 Å². The molecule has 0 radical (unpaired) electrons. The second-order valence-corrected chi connectivity index (χ2v) is 3.28. The number of hydrogen-bond donors (Lipinski definition) is 0. The van der Waals surface area contributed by atoms with E-state index in [1.165, 1.54) is 25.7 Å². The largest absolute Gasteiger partial charge is 0.120 e. The summed E-state index contributed by atoms with van der Waals surface area (Å²) >= 11 is 0. The summed E-state index contributed by atoms with van der Waals surface area (Å²) in [7, 11) is 0. The second-order valence-electron chi connectivity index (χ2n) is 3.28. The lowest BCUT2D eigenvalue weighted by molar-refractivity contribution is 0.320. The molecule has 0 unspecified atom stereocenters. The van der Waals surface area contributed by atoms with Gasteiger partial charge in [-0.1, -0.05) is 39.5 Å². The zero-order chi connectivity index (χ0) is 8.74. The molecule has 0 aromatic carbocycles. The van der Waals surface area contributed by atoms with Gasteiger partial charge in [0.25, 0.3) is 0 Å². The second kappa shape index (κ2) is 5.24. The third kappa shape index (κ3) is 2.97. The number of terminal acetylenes is 1. The van der Waals surface area contributed by atoms with Crippen molar-refractivity contribution in [1.82, 2.24) is 0 Å². The summed E-state index contributed by atoms with van der Waals surface area (Å²) in [5, 5.41) is 0. The van der Waals surface area contributed by atoms with Crippen LogP contribution in [0.1, 0.15) is 52.9 Å². The van der Waals surface area contributed by atoms with E-state index in [1.54, 1.807) is 0 Å². The van der Waals surface area contributed by atoms with E-state index in [9.17, 15) is 0 Å². The Morgan fingerprint density at radius 1 is 1.09 bits per heavy atom. The van der Waals surface area contributed by atoms with Crippen molar-refractivity contribution in [2.45, 2.75) is 52.9 Å². The van der Waals surface area contributed by atoms with Gasteiger partial charge in [-0.2, -0.15) is 0 Å². The van der Waals surface area contributed by atoms with Gasteiger partial charge in [0.15, 0.2) is 0 Å². The van der Waals surface area contributed by atoms with Crippen LogP contribution in [0.3, 0.4) is 0 Å². The molecule has 0 aromatic rings. The minimum Gasteiger partial charge on any atom is -0.120 e. The van der Waals surface area contributed by atoms with E-state index in [2.05, 4.69) is 26.7 Å². The van der Waals surface area contributed by atoms with Crippen LogP contribution >= 0.6 is 0 Å². The maximum atomic E-state index is 5.54. The van der Waals surface area contributed by atoms with Gasteiger partial charge in [-0.15, -0.1) is 6.42 Å². The molecule has 0 saturated heterocycles. The molecule has 0 saturated carbocycles. The summed E-state index contributed by atoms with van der Waals surface area (Å²) in [5.74, 6) is 2.97. The third-order valence-electron chi connectivity index (χ3n) is 2.44. The Morgan fingerprint density at radius 2 is 1.55 bits per heavy atom. The monoisotopic (exact) mass is 152 g/mol. The molecular weight excluding hydrogens is 132 g/mol. The Hall–Kier alpha value is -0.440. The minimum absolute atomic E-state index is 0.212. The molecule has 64 valence electrons. The quantitative estimate of drug-likeness (QED) is 0.528. The third-order valence-corrected chi connectivity index (χ3v) is 2.44. The molecule has 0 aliphatic heterocycles. The van der Waals surface area contributed by atoms with Crippen LogP contribution in [0.2, 0.25) is 0 Å². The topological polar surface area (TPSA) is 0 Å². The molecule has 0 nitrogen and oxygen atoms in total. The molecule has 0 aliphatic rings. The summed E-state index contributed by atoms with van der Waals surface area (Å²) in [6.45, 7) is 6.61. The van der Waals surface area contributed by atoms with Gasteiger partial charge < -0.3 is 0 Å². The summed E-state index contributed by atoms with van der Waals surface area (Å²) in [5.41, 5.74) is 0.212. The SMILES string of the molecule is C#CC(CC)(CCC)CCC. The predicted molar refractivity (Wildman–Crippen MR) is 51.4 cm³/mol. The fourth-order valence-corrected chi connectivity index (χ4v) is 1.68. The molecule has 0 N–H and O–H groups in total. The normalized spacial score (nSPS) is 11.1.